The minimum atomic E-state index is 0.283. The van der Waals surface area contributed by atoms with Gasteiger partial charge >= 0.3 is 0 Å². The molecule has 5 heteroatoms. The topological polar surface area (TPSA) is 42.5 Å². The molecule has 128 valence electrons. The van der Waals surface area contributed by atoms with Crippen LogP contribution >= 0.6 is 12.2 Å². The number of ether oxygens (including phenoxy) is 2. The molecule has 0 aromatic heterocycles. The highest BCUT2D eigenvalue weighted by molar-refractivity contribution is 7.80. The summed E-state index contributed by atoms with van der Waals surface area (Å²) < 4.78 is 10.5. The van der Waals surface area contributed by atoms with Crippen molar-refractivity contribution in [2.24, 2.45) is 0 Å². The van der Waals surface area contributed by atoms with E-state index in [0.717, 1.165) is 18.5 Å². The van der Waals surface area contributed by atoms with Crippen molar-refractivity contribution in [3.8, 4) is 11.5 Å². The van der Waals surface area contributed by atoms with E-state index >= 15 is 0 Å². The average molecular weight is 344 g/mol. The number of nitrogens with one attached hydrogen (secondary N) is 2. The van der Waals surface area contributed by atoms with E-state index in [4.69, 9.17) is 21.7 Å². The van der Waals surface area contributed by atoms with Crippen LogP contribution in [0.1, 0.15) is 18.9 Å². The molecule has 0 aliphatic heterocycles. The predicted octanol–water partition coefficient (Wildman–Crippen LogP) is 4.01. The van der Waals surface area contributed by atoms with Gasteiger partial charge in [-0.2, -0.15) is 0 Å². The Balaban J connectivity index is 1.84. The summed E-state index contributed by atoms with van der Waals surface area (Å²) in [6, 6.07) is 16.4. The smallest absolute Gasteiger partial charge is 0.170 e. The van der Waals surface area contributed by atoms with Crippen molar-refractivity contribution in [1.82, 2.24) is 5.32 Å². The number of methoxy groups -OCH3 is 2. The minimum Gasteiger partial charge on any atom is -0.493 e. The Kier molecular flexibility index (Phi) is 6.88. The first-order chi connectivity index (χ1) is 11.6. The highest BCUT2D eigenvalue weighted by atomic mass is 32.1. The quantitative estimate of drug-likeness (QED) is 0.743. The van der Waals surface area contributed by atoms with Crippen LogP contribution in [0, 0.1) is 0 Å². The van der Waals surface area contributed by atoms with E-state index in [1.54, 1.807) is 14.2 Å². The number of hydrogen-bond donors (Lipinski definition) is 2. The Labute approximate surface area is 149 Å². The van der Waals surface area contributed by atoms with Crippen LogP contribution in [0.3, 0.4) is 0 Å². The maximum Gasteiger partial charge on any atom is 0.170 e. The third-order valence-corrected chi connectivity index (χ3v) is 3.95. The lowest BCUT2D eigenvalue weighted by molar-refractivity contribution is 0.355. The van der Waals surface area contributed by atoms with Crippen LogP contribution in [-0.4, -0.2) is 25.4 Å². The Bertz CT molecular complexity index is 662. The molecule has 0 spiro atoms. The second-order valence-corrected chi connectivity index (χ2v) is 6.00. The summed E-state index contributed by atoms with van der Waals surface area (Å²) in [5, 5.41) is 7.09. The first kappa shape index (κ1) is 18.1. The molecule has 4 nitrogen and oxygen atoms in total. The number of aryl methyl sites for hydroxylation is 1. The van der Waals surface area contributed by atoms with Crippen LogP contribution < -0.4 is 20.1 Å². The van der Waals surface area contributed by atoms with Gasteiger partial charge in [-0.1, -0.05) is 30.3 Å². The third-order valence-electron chi connectivity index (χ3n) is 3.73. The van der Waals surface area contributed by atoms with E-state index in [0.29, 0.717) is 16.6 Å². The summed E-state index contributed by atoms with van der Waals surface area (Å²) in [6.07, 6.45) is 2.03. The van der Waals surface area contributed by atoms with Gasteiger partial charge in [0.1, 0.15) is 0 Å². The van der Waals surface area contributed by atoms with Crippen molar-refractivity contribution in [3.63, 3.8) is 0 Å². The molecule has 2 N–H and O–H groups in total. The maximum atomic E-state index is 5.39. The van der Waals surface area contributed by atoms with Crippen molar-refractivity contribution in [3.05, 3.63) is 54.1 Å². The average Bonchev–Trinajstić information content (AvgIpc) is 2.60. The second kappa shape index (κ2) is 9.13. The second-order valence-electron chi connectivity index (χ2n) is 5.59. The van der Waals surface area contributed by atoms with E-state index in [1.165, 1.54) is 5.56 Å². The first-order valence-electron chi connectivity index (χ1n) is 7.96. The number of hydrogen-bond acceptors (Lipinski definition) is 3. The summed E-state index contributed by atoms with van der Waals surface area (Å²) in [5.41, 5.74) is 2.20. The Morgan fingerprint density at radius 1 is 1.04 bits per heavy atom. The van der Waals surface area contributed by atoms with E-state index in [-0.39, 0.29) is 6.04 Å². The monoisotopic (exact) mass is 344 g/mol. The molecule has 24 heavy (non-hydrogen) atoms. The summed E-state index contributed by atoms with van der Waals surface area (Å²) in [7, 11) is 3.23. The molecule has 0 unspecified atom stereocenters. The fourth-order valence-electron chi connectivity index (χ4n) is 2.40. The maximum absolute atomic E-state index is 5.39. The molecule has 0 bridgehead atoms. The molecule has 0 saturated carbocycles. The normalized spacial score (nSPS) is 11.5. The number of rotatable bonds is 7. The molecule has 2 aromatic rings. The van der Waals surface area contributed by atoms with Crippen molar-refractivity contribution < 1.29 is 9.47 Å². The van der Waals surface area contributed by atoms with Crippen molar-refractivity contribution >= 4 is 23.0 Å². The number of benzene rings is 2. The summed E-state index contributed by atoms with van der Waals surface area (Å²) in [4.78, 5) is 0. The van der Waals surface area contributed by atoms with Crippen LogP contribution in [0.15, 0.2) is 48.5 Å². The van der Waals surface area contributed by atoms with Gasteiger partial charge in [0.05, 0.1) is 14.2 Å². The van der Waals surface area contributed by atoms with Crippen LogP contribution in [0.4, 0.5) is 5.69 Å². The molecule has 0 aliphatic rings. The van der Waals surface area contributed by atoms with E-state index < -0.39 is 0 Å². The van der Waals surface area contributed by atoms with Crippen LogP contribution in [0.5, 0.6) is 11.5 Å². The summed E-state index contributed by atoms with van der Waals surface area (Å²) >= 11 is 5.39. The molecule has 0 fully saturated rings. The molecule has 2 rings (SSSR count). The van der Waals surface area contributed by atoms with Gasteiger partial charge in [0.25, 0.3) is 0 Å². The lowest BCUT2D eigenvalue weighted by Crippen LogP contribution is -2.36. The predicted molar refractivity (Wildman–Crippen MR) is 103 cm³/mol. The van der Waals surface area contributed by atoms with Crippen LogP contribution in [-0.2, 0) is 6.42 Å². The summed E-state index contributed by atoms with van der Waals surface area (Å²) in [6.45, 7) is 2.13. The molecule has 0 heterocycles. The zero-order valence-electron chi connectivity index (χ0n) is 14.3. The zero-order chi connectivity index (χ0) is 17.4. The molecular formula is C19H24N2O2S. The third kappa shape index (κ3) is 5.42. The highest BCUT2D eigenvalue weighted by Gasteiger charge is 2.08. The van der Waals surface area contributed by atoms with Gasteiger partial charge in [0, 0.05) is 17.8 Å². The molecule has 0 saturated heterocycles. The largest absolute Gasteiger partial charge is 0.493 e. The molecule has 0 amide bonds. The van der Waals surface area contributed by atoms with Gasteiger partial charge in [-0.05, 0) is 49.7 Å². The van der Waals surface area contributed by atoms with Crippen molar-refractivity contribution in [2.45, 2.75) is 25.8 Å². The van der Waals surface area contributed by atoms with Crippen molar-refractivity contribution in [2.75, 3.05) is 19.5 Å². The van der Waals surface area contributed by atoms with E-state index in [9.17, 15) is 0 Å². The van der Waals surface area contributed by atoms with E-state index in [2.05, 4.69) is 41.8 Å². The van der Waals surface area contributed by atoms with E-state index in [1.807, 2.05) is 24.3 Å². The van der Waals surface area contributed by atoms with Gasteiger partial charge in [0.2, 0.25) is 0 Å². The Morgan fingerprint density at radius 3 is 2.42 bits per heavy atom. The molecule has 0 aliphatic carbocycles. The Hall–Kier alpha value is -2.27. The molecule has 1 atom stereocenters. The van der Waals surface area contributed by atoms with Gasteiger partial charge < -0.3 is 20.1 Å². The zero-order valence-corrected chi connectivity index (χ0v) is 15.2. The van der Waals surface area contributed by atoms with Crippen molar-refractivity contribution in [1.29, 1.82) is 0 Å². The fraction of sp³-hybridized carbons (Fsp3) is 0.316. The van der Waals surface area contributed by atoms with Crippen LogP contribution in [0.2, 0.25) is 0 Å². The van der Waals surface area contributed by atoms with Gasteiger partial charge in [-0.25, -0.2) is 0 Å². The molecule has 2 aromatic carbocycles. The van der Waals surface area contributed by atoms with Gasteiger partial charge in [-0.15, -0.1) is 0 Å². The fourth-order valence-corrected chi connectivity index (χ4v) is 2.72. The SMILES string of the molecule is COc1ccc(NC(=S)N[C@@H](C)CCc2ccccc2)cc1OC. The highest BCUT2D eigenvalue weighted by Crippen LogP contribution is 2.29. The van der Waals surface area contributed by atoms with Crippen LogP contribution in [0.25, 0.3) is 0 Å². The lowest BCUT2D eigenvalue weighted by Gasteiger charge is -2.17. The number of anilines is 1. The molecular weight excluding hydrogens is 320 g/mol. The first-order valence-corrected chi connectivity index (χ1v) is 8.36. The van der Waals surface area contributed by atoms with Gasteiger partial charge in [-0.3, -0.25) is 0 Å². The molecule has 0 radical (unpaired) electrons. The standard InChI is InChI=1S/C19H24N2O2S/c1-14(9-10-15-7-5-4-6-8-15)20-19(24)21-16-11-12-17(22-2)18(13-16)23-3/h4-8,11-14H,9-10H2,1-3H3,(H2,20,21,24)/t14-/m0/s1. The minimum absolute atomic E-state index is 0.283. The lowest BCUT2D eigenvalue weighted by atomic mass is 10.1. The summed E-state index contributed by atoms with van der Waals surface area (Å²) in [5.74, 6) is 1.36. The van der Waals surface area contributed by atoms with Gasteiger partial charge in [0.15, 0.2) is 16.6 Å². The Morgan fingerprint density at radius 2 is 1.75 bits per heavy atom. The number of thiocarbonyl (C=S) groups is 1.